The van der Waals surface area contributed by atoms with E-state index in [1.807, 2.05) is 51.1 Å². The van der Waals surface area contributed by atoms with Crippen LogP contribution >= 0.6 is 0 Å². The van der Waals surface area contributed by atoms with E-state index in [0.717, 1.165) is 22.9 Å². The van der Waals surface area contributed by atoms with Crippen LogP contribution in [0.4, 0.5) is 5.69 Å². The Balaban J connectivity index is 2.18. The minimum Gasteiger partial charge on any atom is -0.348 e. The van der Waals surface area contributed by atoms with Gasteiger partial charge in [-0.3, -0.25) is 9.10 Å². The Kier molecular flexibility index (Phi) is 6.78. The van der Waals surface area contributed by atoms with Crippen molar-refractivity contribution in [1.29, 1.82) is 0 Å². The highest BCUT2D eigenvalue weighted by Crippen LogP contribution is 2.27. The molecular formula is C23H32N2O3S. The van der Waals surface area contributed by atoms with Gasteiger partial charge in [-0.1, -0.05) is 63.2 Å². The average molecular weight is 417 g/mol. The largest absolute Gasteiger partial charge is 0.348 e. The lowest BCUT2D eigenvalue weighted by atomic mass is 9.86. The zero-order valence-corrected chi connectivity index (χ0v) is 19.2. The summed E-state index contributed by atoms with van der Waals surface area (Å²) in [6, 6.07) is 13.5. The predicted molar refractivity (Wildman–Crippen MR) is 120 cm³/mol. The van der Waals surface area contributed by atoms with Crippen LogP contribution in [0.2, 0.25) is 0 Å². The minimum absolute atomic E-state index is 0.0619. The highest BCUT2D eigenvalue weighted by atomic mass is 32.2. The second-order valence-electron chi connectivity index (χ2n) is 8.67. The first-order valence-corrected chi connectivity index (χ1v) is 11.6. The number of benzene rings is 2. The second kappa shape index (κ2) is 8.57. The maximum atomic E-state index is 12.7. The molecule has 2 aromatic carbocycles. The van der Waals surface area contributed by atoms with Gasteiger partial charge in [0.1, 0.15) is 6.54 Å². The first kappa shape index (κ1) is 22.9. The maximum Gasteiger partial charge on any atom is 0.241 e. The molecule has 1 N–H and O–H groups in total. The molecule has 0 unspecified atom stereocenters. The van der Waals surface area contributed by atoms with Crippen LogP contribution in [0.5, 0.6) is 0 Å². The van der Waals surface area contributed by atoms with Crippen LogP contribution in [0.1, 0.15) is 56.0 Å². The van der Waals surface area contributed by atoms with Crippen molar-refractivity contribution in [2.75, 3.05) is 17.1 Å². The van der Waals surface area contributed by atoms with Crippen molar-refractivity contribution < 1.29 is 13.2 Å². The third-order valence-corrected chi connectivity index (χ3v) is 6.14. The van der Waals surface area contributed by atoms with E-state index in [4.69, 9.17) is 0 Å². The molecule has 1 atom stereocenters. The van der Waals surface area contributed by atoms with Crippen LogP contribution in [0, 0.1) is 13.8 Å². The van der Waals surface area contributed by atoms with E-state index in [0.29, 0.717) is 5.69 Å². The van der Waals surface area contributed by atoms with Gasteiger partial charge in [-0.05, 0) is 48.4 Å². The molecule has 0 fully saturated rings. The molecule has 0 aliphatic carbocycles. The summed E-state index contributed by atoms with van der Waals surface area (Å²) in [6.07, 6.45) is 1.13. The van der Waals surface area contributed by atoms with Crippen molar-refractivity contribution in [2.45, 2.75) is 53.0 Å². The molecule has 0 aliphatic rings. The van der Waals surface area contributed by atoms with Gasteiger partial charge in [-0.2, -0.15) is 0 Å². The number of hydrogen-bond acceptors (Lipinski definition) is 3. The molecule has 158 valence electrons. The van der Waals surface area contributed by atoms with Gasteiger partial charge in [0, 0.05) is 0 Å². The Morgan fingerprint density at radius 3 is 2.00 bits per heavy atom. The van der Waals surface area contributed by atoms with Gasteiger partial charge >= 0.3 is 0 Å². The van der Waals surface area contributed by atoms with Crippen molar-refractivity contribution in [3.8, 4) is 0 Å². The summed E-state index contributed by atoms with van der Waals surface area (Å²) in [7, 11) is -3.61. The first-order chi connectivity index (χ1) is 13.3. The van der Waals surface area contributed by atoms with E-state index in [2.05, 4.69) is 38.2 Å². The number of aryl methyl sites for hydroxylation is 2. The van der Waals surface area contributed by atoms with E-state index >= 15 is 0 Å². The lowest BCUT2D eigenvalue weighted by molar-refractivity contribution is -0.120. The average Bonchev–Trinajstić information content (AvgIpc) is 2.59. The highest BCUT2D eigenvalue weighted by Gasteiger charge is 2.24. The summed E-state index contributed by atoms with van der Waals surface area (Å²) < 4.78 is 26.0. The molecule has 0 saturated heterocycles. The van der Waals surface area contributed by atoms with Gasteiger partial charge in [0.2, 0.25) is 15.9 Å². The van der Waals surface area contributed by atoms with E-state index < -0.39 is 10.0 Å². The number of carbonyl (C=O) groups excluding carboxylic acids is 1. The molecular weight excluding hydrogens is 384 g/mol. The van der Waals surface area contributed by atoms with Gasteiger partial charge in [0.05, 0.1) is 18.0 Å². The van der Waals surface area contributed by atoms with E-state index in [1.165, 1.54) is 9.87 Å². The van der Waals surface area contributed by atoms with Crippen molar-refractivity contribution in [3.05, 3.63) is 64.7 Å². The first-order valence-electron chi connectivity index (χ1n) is 9.74. The summed E-state index contributed by atoms with van der Waals surface area (Å²) >= 11 is 0. The quantitative estimate of drug-likeness (QED) is 0.766. The molecule has 2 rings (SSSR count). The van der Waals surface area contributed by atoms with Gasteiger partial charge < -0.3 is 5.32 Å². The number of amides is 1. The Morgan fingerprint density at radius 2 is 1.55 bits per heavy atom. The fraction of sp³-hybridized carbons (Fsp3) is 0.435. The lowest BCUT2D eigenvalue weighted by Gasteiger charge is -2.26. The molecule has 6 heteroatoms. The number of nitrogens with zero attached hydrogens (tertiary/aromatic N) is 1. The van der Waals surface area contributed by atoms with Crippen molar-refractivity contribution in [3.63, 3.8) is 0 Å². The minimum atomic E-state index is -3.61. The molecule has 0 aliphatic heterocycles. The van der Waals surface area contributed by atoms with Crippen molar-refractivity contribution in [2.24, 2.45) is 0 Å². The Bertz CT molecular complexity index is 954. The van der Waals surface area contributed by atoms with Gasteiger partial charge in [0.15, 0.2) is 0 Å². The Labute approximate surface area is 175 Å². The molecule has 29 heavy (non-hydrogen) atoms. The topological polar surface area (TPSA) is 66.5 Å². The number of sulfonamides is 1. The number of carbonyl (C=O) groups is 1. The van der Waals surface area contributed by atoms with Crippen molar-refractivity contribution >= 4 is 21.6 Å². The zero-order chi connectivity index (χ0) is 22.0. The summed E-state index contributed by atoms with van der Waals surface area (Å²) in [6.45, 7) is 11.8. The molecule has 0 saturated carbocycles. The molecule has 0 radical (unpaired) electrons. The summed E-state index contributed by atoms with van der Waals surface area (Å²) in [4.78, 5) is 12.7. The van der Waals surface area contributed by atoms with Crippen LogP contribution in [-0.4, -0.2) is 27.1 Å². The SMILES string of the molecule is Cc1cccc(C)c1N(CC(=O)N[C@@H](C)c1ccc(C(C)(C)C)cc1)S(C)(=O)=O. The van der Waals surface area contributed by atoms with E-state index in [9.17, 15) is 13.2 Å². The molecule has 0 aromatic heterocycles. The van der Waals surface area contributed by atoms with Crippen LogP contribution < -0.4 is 9.62 Å². The van der Waals surface area contributed by atoms with Gasteiger partial charge in [0.25, 0.3) is 0 Å². The third kappa shape index (κ3) is 5.82. The smallest absolute Gasteiger partial charge is 0.241 e. The normalized spacial score (nSPS) is 13.1. The molecule has 0 bridgehead atoms. The van der Waals surface area contributed by atoms with Crippen LogP contribution in [0.3, 0.4) is 0 Å². The van der Waals surface area contributed by atoms with E-state index in [-0.39, 0.29) is 23.9 Å². The number of hydrogen-bond donors (Lipinski definition) is 1. The predicted octanol–water partition coefficient (Wildman–Crippen LogP) is 4.24. The molecule has 0 spiro atoms. The number of nitrogens with one attached hydrogen (secondary N) is 1. The summed E-state index contributed by atoms with van der Waals surface area (Å²) in [5, 5.41) is 2.92. The fourth-order valence-electron chi connectivity index (χ4n) is 3.33. The van der Waals surface area contributed by atoms with Crippen LogP contribution in [0.15, 0.2) is 42.5 Å². The van der Waals surface area contributed by atoms with E-state index in [1.54, 1.807) is 0 Å². The lowest BCUT2D eigenvalue weighted by Crippen LogP contribution is -2.41. The zero-order valence-electron chi connectivity index (χ0n) is 18.4. The molecule has 1 amide bonds. The number of anilines is 1. The molecule has 0 heterocycles. The van der Waals surface area contributed by atoms with Crippen molar-refractivity contribution in [1.82, 2.24) is 5.32 Å². The van der Waals surface area contributed by atoms with Gasteiger partial charge in [-0.25, -0.2) is 8.42 Å². The summed E-state index contributed by atoms with van der Waals surface area (Å²) in [5.41, 5.74) is 4.45. The molecule has 5 nitrogen and oxygen atoms in total. The highest BCUT2D eigenvalue weighted by molar-refractivity contribution is 7.92. The van der Waals surface area contributed by atoms with Gasteiger partial charge in [-0.15, -0.1) is 0 Å². The molecule has 2 aromatic rings. The standard InChI is InChI=1S/C23H32N2O3S/c1-16-9-8-10-17(2)22(16)25(29(7,27)28)15-21(26)24-18(3)19-11-13-20(14-12-19)23(4,5)6/h8-14,18H,15H2,1-7H3,(H,24,26)/t18-/m0/s1. The third-order valence-electron chi connectivity index (χ3n) is 5.03. The fourth-order valence-corrected chi connectivity index (χ4v) is 4.31. The van der Waals surface area contributed by atoms with Crippen LogP contribution in [0.25, 0.3) is 0 Å². The Hall–Kier alpha value is -2.34. The van der Waals surface area contributed by atoms with Crippen LogP contribution in [-0.2, 0) is 20.2 Å². The second-order valence-corrected chi connectivity index (χ2v) is 10.6. The summed E-state index contributed by atoms with van der Waals surface area (Å²) in [5.74, 6) is -0.342. The number of rotatable bonds is 6. The Morgan fingerprint density at radius 1 is 1.03 bits per heavy atom. The number of para-hydroxylation sites is 1. The monoisotopic (exact) mass is 416 g/mol. The maximum absolute atomic E-state index is 12.7.